The van der Waals surface area contributed by atoms with Crippen molar-refractivity contribution in [1.82, 2.24) is 0 Å². The number of methoxy groups -OCH3 is 1. The molecular weight excluding hydrogens is 444 g/mol. The van der Waals surface area contributed by atoms with Crippen molar-refractivity contribution in [2.45, 2.75) is 6.92 Å². The lowest BCUT2D eigenvalue weighted by molar-refractivity contribution is -0.113. The lowest BCUT2D eigenvalue weighted by atomic mass is 10.1. The first kappa shape index (κ1) is 22.0. The number of benzene rings is 3. The van der Waals surface area contributed by atoms with Crippen LogP contribution in [0.25, 0.3) is 6.08 Å². The fraction of sp³-hybridized carbons (Fsp3) is 0.120. The van der Waals surface area contributed by atoms with E-state index in [1.165, 1.54) is 11.8 Å². The molecule has 0 atom stereocenters. The number of hydrogen-bond donors (Lipinski definition) is 0. The van der Waals surface area contributed by atoms with E-state index in [0.717, 1.165) is 16.9 Å². The van der Waals surface area contributed by atoms with E-state index >= 15 is 0 Å². The van der Waals surface area contributed by atoms with Gasteiger partial charge in [0.1, 0.15) is 0 Å². The summed E-state index contributed by atoms with van der Waals surface area (Å²) in [7, 11) is 1.56. The normalized spacial score (nSPS) is 16.1. The van der Waals surface area contributed by atoms with Crippen molar-refractivity contribution in [2.24, 2.45) is 4.99 Å². The van der Waals surface area contributed by atoms with E-state index < -0.39 is 0 Å². The summed E-state index contributed by atoms with van der Waals surface area (Å²) in [4.78, 5) is 20.3. The molecule has 1 saturated heterocycles. The van der Waals surface area contributed by atoms with Crippen molar-refractivity contribution in [3.8, 4) is 11.5 Å². The zero-order valence-corrected chi connectivity index (χ0v) is 19.2. The number of anilines is 1. The smallest absolute Gasteiger partial charge is 0.271 e. The summed E-state index contributed by atoms with van der Waals surface area (Å²) in [5.41, 5.74) is 2.27. The molecular formula is C25H21ClN2O3S. The van der Waals surface area contributed by atoms with Gasteiger partial charge in [-0.25, -0.2) is 4.99 Å². The van der Waals surface area contributed by atoms with E-state index in [0.29, 0.717) is 33.2 Å². The first-order valence-corrected chi connectivity index (χ1v) is 11.2. The molecule has 0 aromatic heterocycles. The molecule has 32 heavy (non-hydrogen) atoms. The van der Waals surface area contributed by atoms with Crippen LogP contribution in [0.2, 0.25) is 5.02 Å². The molecule has 0 saturated carbocycles. The number of carbonyl (C=O) groups is 1. The molecule has 3 aromatic carbocycles. The Morgan fingerprint density at radius 1 is 1.06 bits per heavy atom. The fourth-order valence-corrected chi connectivity index (χ4v) is 4.50. The molecule has 1 aliphatic rings. The number of carbonyl (C=O) groups excluding carboxylic acids is 1. The highest BCUT2D eigenvalue weighted by Crippen LogP contribution is 2.40. The Morgan fingerprint density at radius 3 is 2.41 bits per heavy atom. The van der Waals surface area contributed by atoms with Crippen molar-refractivity contribution < 1.29 is 14.3 Å². The van der Waals surface area contributed by atoms with Gasteiger partial charge >= 0.3 is 0 Å². The third-order valence-electron chi connectivity index (χ3n) is 4.64. The minimum Gasteiger partial charge on any atom is -0.493 e. The Hall–Kier alpha value is -3.22. The number of para-hydroxylation sites is 2. The van der Waals surface area contributed by atoms with Crippen LogP contribution >= 0.6 is 23.4 Å². The molecule has 0 bridgehead atoms. The van der Waals surface area contributed by atoms with Crippen LogP contribution in [0.1, 0.15) is 12.5 Å². The number of amides is 1. The van der Waals surface area contributed by atoms with Gasteiger partial charge in [-0.15, -0.1) is 0 Å². The van der Waals surface area contributed by atoms with E-state index in [4.69, 9.17) is 26.1 Å². The largest absolute Gasteiger partial charge is 0.493 e. The van der Waals surface area contributed by atoms with Crippen molar-refractivity contribution >= 4 is 51.9 Å². The highest BCUT2D eigenvalue weighted by Gasteiger charge is 2.34. The second kappa shape index (κ2) is 9.94. The second-order valence-corrected chi connectivity index (χ2v) is 8.20. The molecule has 1 amide bonds. The Bertz CT molecular complexity index is 1180. The van der Waals surface area contributed by atoms with Crippen molar-refractivity contribution in [3.05, 3.63) is 88.3 Å². The molecule has 1 heterocycles. The lowest BCUT2D eigenvalue weighted by Crippen LogP contribution is -2.28. The molecule has 0 N–H and O–H groups in total. The van der Waals surface area contributed by atoms with Crippen molar-refractivity contribution in [2.75, 3.05) is 18.6 Å². The van der Waals surface area contributed by atoms with E-state index in [-0.39, 0.29) is 5.91 Å². The van der Waals surface area contributed by atoms with Gasteiger partial charge in [-0.05, 0) is 66.7 Å². The van der Waals surface area contributed by atoms with Crippen LogP contribution in [0.3, 0.4) is 0 Å². The average molecular weight is 465 g/mol. The van der Waals surface area contributed by atoms with E-state index in [2.05, 4.69) is 0 Å². The number of rotatable bonds is 6. The maximum atomic E-state index is 13.4. The summed E-state index contributed by atoms with van der Waals surface area (Å²) in [6.45, 7) is 2.35. The molecule has 162 valence electrons. The van der Waals surface area contributed by atoms with Crippen LogP contribution in [-0.4, -0.2) is 24.8 Å². The summed E-state index contributed by atoms with van der Waals surface area (Å²) in [6, 6.07) is 22.6. The van der Waals surface area contributed by atoms with E-state index in [9.17, 15) is 4.79 Å². The monoisotopic (exact) mass is 464 g/mol. The quantitative estimate of drug-likeness (QED) is 0.388. The first-order chi connectivity index (χ1) is 15.6. The van der Waals surface area contributed by atoms with Gasteiger partial charge in [-0.1, -0.05) is 48.0 Å². The fourth-order valence-electron chi connectivity index (χ4n) is 3.23. The standard InChI is InChI=1S/C25H21ClN2O3S/c1-3-31-23-20(26)14-17(15-21(23)30-2)16-22-24(29)28(19-12-8-5-9-13-19)25(32-22)27-18-10-6-4-7-11-18/h4-16H,3H2,1-2H3/b22-16+,27-25?. The Labute approximate surface area is 196 Å². The van der Waals surface area contributed by atoms with Gasteiger partial charge in [0, 0.05) is 0 Å². The molecule has 3 aromatic rings. The number of ether oxygens (including phenoxy) is 2. The lowest BCUT2D eigenvalue weighted by Gasteiger charge is -2.15. The van der Waals surface area contributed by atoms with Gasteiger partial charge in [0.2, 0.25) is 0 Å². The van der Waals surface area contributed by atoms with Gasteiger partial charge in [0.05, 0.1) is 35.0 Å². The first-order valence-electron chi connectivity index (χ1n) is 10.0. The van der Waals surface area contributed by atoms with Gasteiger partial charge in [-0.3, -0.25) is 9.69 Å². The average Bonchev–Trinajstić information content (AvgIpc) is 3.11. The maximum absolute atomic E-state index is 13.4. The zero-order valence-electron chi connectivity index (χ0n) is 17.6. The molecule has 4 rings (SSSR count). The molecule has 0 radical (unpaired) electrons. The third-order valence-corrected chi connectivity index (χ3v) is 5.89. The third kappa shape index (κ3) is 4.66. The summed E-state index contributed by atoms with van der Waals surface area (Å²) < 4.78 is 11.0. The second-order valence-electron chi connectivity index (χ2n) is 6.78. The highest BCUT2D eigenvalue weighted by atomic mass is 35.5. The molecule has 7 heteroatoms. The zero-order chi connectivity index (χ0) is 22.5. The van der Waals surface area contributed by atoms with Gasteiger partial charge in [0.15, 0.2) is 16.7 Å². The highest BCUT2D eigenvalue weighted by molar-refractivity contribution is 8.19. The van der Waals surface area contributed by atoms with Crippen molar-refractivity contribution in [1.29, 1.82) is 0 Å². The maximum Gasteiger partial charge on any atom is 0.271 e. The molecule has 1 fully saturated rings. The topological polar surface area (TPSA) is 51.1 Å². The number of nitrogens with zero attached hydrogens (tertiary/aromatic N) is 2. The van der Waals surface area contributed by atoms with E-state index in [1.807, 2.05) is 67.6 Å². The summed E-state index contributed by atoms with van der Waals surface area (Å²) >= 11 is 7.73. The Morgan fingerprint density at radius 2 is 1.75 bits per heavy atom. The van der Waals surface area contributed by atoms with Crippen LogP contribution in [0.15, 0.2) is 82.7 Å². The van der Waals surface area contributed by atoms with Crippen LogP contribution in [0, 0.1) is 0 Å². The van der Waals surface area contributed by atoms with Crippen LogP contribution in [0.5, 0.6) is 11.5 Å². The summed E-state index contributed by atoms with van der Waals surface area (Å²) in [5, 5.41) is 1.01. The Balaban J connectivity index is 1.76. The van der Waals surface area contributed by atoms with Crippen molar-refractivity contribution in [3.63, 3.8) is 0 Å². The number of thioether (sulfide) groups is 1. The minimum absolute atomic E-state index is 0.153. The molecule has 0 unspecified atom stereocenters. The predicted molar refractivity (Wildman–Crippen MR) is 132 cm³/mol. The van der Waals surface area contributed by atoms with Crippen LogP contribution < -0.4 is 14.4 Å². The van der Waals surface area contributed by atoms with Gasteiger partial charge < -0.3 is 9.47 Å². The number of amidine groups is 1. The SMILES string of the molecule is CCOc1c(Cl)cc(/C=C2/SC(=Nc3ccccc3)N(c3ccccc3)C2=O)cc1OC. The summed E-state index contributed by atoms with van der Waals surface area (Å²) in [5.74, 6) is 0.848. The van der Waals surface area contributed by atoms with Gasteiger partial charge in [0.25, 0.3) is 5.91 Å². The number of hydrogen-bond acceptors (Lipinski definition) is 5. The predicted octanol–water partition coefficient (Wildman–Crippen LogP) is 6.56. The van der Waals surface area contributed by atoms with Gasteiger partial charge in [-0.2, -0.15) is 0 Å². The number of aliphatic imine (C=N–C) groups is 1. The minimum atomic E-state index is -0.153. The van der Waals surface area contributed by atoms with Crippen LogP contribution in [-0.2, 0) is 4.79 Å². The molecule has 0 spiro atoms. The molecule has 5 nitrogen and oxygen atoms in total. The Kier molecular flexibility index (Phi) is 6.83. The van der Waals surface area contributed by atoms with Crippen LogP contribution in [0.4, 0.5) is 11.4 Å². The van der Waals surface area contributed by atoms with E-state index in [1.54, 1.807) is 30.2 Å². The molecule has 1 aliphatic heterocycles. The summed E-state index contributed by atoms with van der Waals surface area (Å²) in [6.07, 6.45) is 1.79. The molecule has 0 aliphatic carbocycles. The number of halogens is 1.